The third-order valence-electron chi connectivity index (χ3n) is 3.30. The van der Waals surface area contributed by atoms with Crippen molar-refractivity contribution in [2.45, 2.75) is 24.8 Å². The zero-order valence-electron chi connectivity index (χ0n) is 12.2. The van der Waals surface area contributed by atoms with Gasteiger partial charge in [0.2, 0.25) is 5.91 Å². The molecule has 4 N–H and O–H groups in total. The number of nitrogens with zero attached hydrogens (tertiary/aromatic N) is 1. The van der Waals surface area contributed by atoms with Crippen molar-refractivity contribution in [3.63, 3.8) is 0 Å². The Labute approximate surface area is 128 Å². The first-order chi connectivity index (χ1) is 10.0. The molecule has 1 heterocycles. The monoisotopic (exact) mass is 308 g/mol. The van der Waals surface area contributed by atoms with Crippen molar-refractivity contribution in [1.82, 2.24) is 10.6 Å². The second-order valence-electron chi connectivity index (χ2n) is 4.79. The van der Waals surface area contributed by atoms with Gasteiger partial charge in [-0.3, -0.25) is 10.1 Å². The number of hydrogen-bond donors (Lipinski definition) is 3. The summed E-state index contributed by atoms with van der Waals surface area (Å²) in [7, 11) is 0. The number of imide groups is 1. The van der Waals surface area contributed by atoms with Crippen molar-refractivity contribution in [3.05, 3.63) is 18.2 Å². The molecule has 7 heteroatoms. The lowest BCUT2D eigenvalue weighted by Gasteiger charge is -2.35. The minimum absolute atomic E-state index is 0.318. The number of nitrogens with one attached hydrogen (secondary N) is 2. The highest BCUT2D eigenvalue weighted by Crippen LogP contribution is 2.37. The molecule has 21 heavy (non-hydrogen) atoms. The number of urea groups is 1. The first kappa shape index (κ1) is 15.5. The van der Waals surface area contributed by atoms with Gasteiger partial charge in [0.15, 0.2) is 0 Å². The number of nitrogens with two attached hydrogens (primary N) is 1. The Hall–Kier alpha value is -1.89. The highest BCUT2D eigenvalue weighted by molar-refractivity contribution is 7.99. The Bertz CT molecular complexity index is 550. The Morgan fingerprint density at radius 2 is 2.24 bits per heavy atom. The number of carbonyl (C=O) groups excluding carboxylic acids is 2. The number of nitrogen functional groups attached to an aromatic ring is 1. The number of fused-ring (bicyclic) bond motifs is 1. The van der Waals surface area contributed by atoms with Crippen LogP contribution in [0.5, 0.6) is 0 Å². The summed E-state index contributed by atoms with van der Waals surface area (Å²) in [6.45, 7) is 4.81. The normalized spacial score (nSPS) is 15.0. The van der Waals surface area contributed by atoms with Crippen LogP contribution in [0.15, 0.2) is 23.1 Å². The zero-order chi connectivity index (χ0) is 15.4. The highest BCUT2D eigenvalue weighted by atomic mass is 32.2. The minimum Gasteiger partial charge on any atom is -0.399 e. The molecule has 0 aliphatic carbocycles. The first-order valence-corrected chi connectivity index (χ1v) is 7.89. The van der Waals surface area contributed by atoms with Crippen molar-refractivity contribution in [1.29, 1.82) is 0 Å². The van der Waals surface area contributed by atoms with Crippen LogP contribution in [0.3, 0.4) is 0 Å². The molecule has 1 aromatic rings. The molecular weight excluding hydrogens is 288 g/mol. The number of thioether (sulfide) groups is 1. The fourth-order valence-corrected chi connectivity index (χ4v) is 3.22. The molecule has 0 spiro atoms. The third-order valence-corrected chi connectivity index (χ3v) is 4.35. The van der Waals surface area contributed by atoms with Gasteiger partial charge in [0.1, 0.15) is 6.04 Å². The van der Waals surface area contributed by atoms with E-state index in [0.29, 0.717) is 12.2 Å². The van der Waals surface area contributed by atoms with Crippen LogP contribution in [0.25, 0.3) is 0 Å². The Kier molecular flexibility index (Phi) is 4.95. The lowest BCUT2D eigenvalue weighted by atomic mass is 10.2. The Morgan fingerprint density at radius 1 is 1.48 bits per heavy atom. The highest BCUT2D eigenvalue weighted by Gasteiger charge is 2.27. The van der Waals surface area contributed by atoms with E-state index in [1.165, 1.54) is 0 Å². The van der Waals surface area contributed by atoms with E-state index in [1.807, 2.05) is 23.1 Å². The lowest BCUT2D eigenvalue weighted by Crippen LogP contribution is -2.51. The predicted octanol–water partition coefficient (Wildman–Crippen LogP) is 1.42. The van der Waals surface area contributed by atoms with E-state index in [1.54, 1.807) is 25.6 Å². The maximum absolute atomic E-state index is 12.2. The minimum atomic E-state index is -0.464. The summed E-state index contributed by atoms with van der Waals surface area (Å²) in [6.07, 6.45) is 0. The standard InChI is InChI=1S/C14H20N4O2S/c1-3-16-14(20)17-13(19)9(2)18-6-7-21-12-5-4-10(15)8-11(12)18/h4-5,8-9H,3,6-7,15H2,1-2H3,(H2,16,17,19,20). The molecule has 1 aliphatic heterocycles. The molecule has 1 aliphatic rings. The van der Waals surface area contributed by atoms with Gasteiger partial charge >= 0.3 is 6.03 Å². The van der Waals surface area contributed by atoms with Crippen LogP contribution in [0.2, 0.25) is 0 Å². The molecule has 0 saturated carbocycles. The SMILES string of the molecule is CCNC(=O)NC(=O)C(C)N1CCSc2ccc(N)cc21. The maximum atomic E-state index is 12.2. The van der Waals surface area contributed by atoms with Crippen molar-refractivity contribution in [2.75, 3.05) is 29.5 Å². The average Bonchev–Trinajstić information content (AvgIpc) is 2.46. The van der Waals surface area contributed by atoms with Crippen molar-refractivity contribution >= 4 is 35.1 Å². The largest absolute Gasteiger partial charge is 0.399 e. The Morgan fingerprint density at radius 3 is 2.95 bits per heavy atom. The summed E-state index contributed by atoms with van der Waals surface area (Å²) in [5.74, 6) is 0.580. The number of rotatable bonds is 3. The third kappa shape index (κ3) is 3.60. The molecule has 114 valence electrons. The van der Waals surface area contributed by atoms with E-state index >= 15 is 0 Å². The van der Waals surface area contributed by atoms with Gasteiger partial charge in [0.05, 0.1) is 5.69 Å². The molecule has 0 aromatic heterocycles. The van der Waals surface area contributed by atoms with Gasteiger partial charge in [-0.05, 0) is 32.0 Å². The number of amides is 3. The fourth-order valence-electron chi connectivity index (χ4n) is 2.22. The number of hydrogen-bond acceptors (Lipinski definition) is 5. The topological polar surface area (TPSA) is 87.5 Å². The molecule has 0 fully saturated rings. The van der Waals surface area contributed by atoms with E-state index in [9.17, 15) is 9.59 Å². The Balaban J connectivity index is 2.13. The predicted molar refractivity (Wildman–Crippen MR) is 85.6 cm³/mol. The second-order valence-corrected chi connectivity index (χ2v) is 5.93. The van der Waals surface area contributed by atoms with Crippen LogP contribution in [0.1, 0.15) is 13.8 Å². The summed E-state index contributed by atoms with van der Waals surface area (Å²) < 4.78 is 0. The first-order valence-electron chi connectivity index (χ1n) is 6.90. The van der Waals surface area contributed by atoms with Crippen LogP contribution in [-0.4, -0.2) is 36.8 Å². The summed E-state index contributed by atoms with van der Waals surface area (Å²) in [6, 6.07) is 4.80. The molecule has 6 nitrogen and oxygen atoms in total. The van der Waals surface area contributed by atoms with Crippen LogP contribution in [-0.2, 0) is 4.79 Å². The summed E-state index contributed by atoms with van der Waals surface area (Å²) in [5.41, 5.74) is 7.45. The van der Waals surface area contributed by atoms with Gasteiger partial charge in [0.25, 0.3) is 0 Å². The number of carbonyl (C=O) groups is 2. The van der Waals surface area contributed by atoms with Crippen LogP contribution in [0.4, 0.5) is 16.2 Å². The van der Waals surface area contributed by atoms with E-state index in [-0.39, 0.29) is 5.91 Å². The molecule has 0 bridgehead atoms. The van der Waals surface area contributed by atoms with Gasteiger partial charge < -0.3 is 16.0 Å². The van der Waals surface area contributed by atoms with Crippen molar-refractivity contribution < 1.29 is 9.59 Å². The maximum Gasteiger partial charge on any atom is 0.321 e. The van der Waals surface area contributed by atoms with Gasteiger partial charge in [-0.1, -0.05) is 0 Å². The molecule has 3 amide bonds. The molecule has 1 unspecified atom stereocenters. The van der Waals surface area contributed by atoms with Crippen LogP contribution in [0, 0.1) is 0 Å². The summed E-state index contributed by atoms with van der Waals surface area (Å²) in [4.78, 5) is 26.7. The van der Waals surface area contributed by atoms with Gasteiger partial charge in [0, 0.05) is 29.4 Å². The molecule has 0 radical (unpaired) electrons. The van der Waals surface area contributed by atoms with E-state index in [2.05, 4.69) is 10.6 Å². The molecule has 1 aromatic carbocycles. The molecule has 2 rings (SSSR count). The van der Waals surface area contributed by atoms with Gasteiger partial charge in [-0.15, -0.1) is 11.8 Å². The number of benzene rings is 1. The number of anilines is 2. The lowest BCUT2D eigenvalue weighted by molar-refractivity contribution is -0.121. The van der Waals surface area contributed by atoms with E-state index < -0.39 is 12.1 Å². The van der Waals surface area contributed by atoms with Crippen molar-refractivity contribution in [2.24, 2.45) is 0 Å². The average molecular weight is 308 g/mol. The van der Waals surface area contributed by atoms with E-state index in [4.69, 9.17) is 5.73 Å². The van der Waals surface area contributed by atoms with Gasteiger partial charge in [-0.25, -0.2) is 4.79 Å². The van der Waals surface area contributed by atoms with Crippen molar-refractivity contribution in [3.8, 4) is 0 Å². The smallest absolute Gasteiger partial charge is 0.321 e. The zero-order valence-corrected chi connectivity index (χ0v) is 13.0. The van der Waals surface area contributed by atoms with E-state index in [0.717, 1.165) is 22.9 Å². The second kappa shape index (κ2) is 6.71. The molecule has 0 saturated heterocycles. The van der Waals surface area contributed by atoms with Crippen LogP contribution < -0.4 is 21.3 Å². The summed E-state index contributed by atoms with van der Waals surface area (Å²) >= 11 is 1.74. The van der Waals surface area contributed by atoms with Crippen LogP contribution >= 0.6 is 11.8 Å². The fraction of sp³-hybridized carbons (Fsp3) is 0.429. The quantitative estimate of drug-likeness (QED) is 0.735. The van der Waals surface area contributed by atoms with Gasteiger partial charge in [-0.2, -0.15) is 0 Å². The molecule has 1 atom stereocenters. The molecular formula is C14H20N4O2S. The summed E-state index contributed by atoms with van der Waals surface area (Å²) in [5, 5.41) is 4.90.